The molecule has 2 amide bonds. The van der Waals surface area contributed by atoms with Gasteiger partial charge in [0.2, 0.25) is 0 Å². The van der Waals surface area contributed by atoms with Crippen LogP contribution in [0.15, 0.2) is 90.0 Å². The molecule has 0 aromatic heterocycles. The summed E-state index contributed by atoms with van der Waals surface area (Å²) in [6, 6.07) is 20.1. The van der Waals surface area contributed by atoms with Gasteiger partial charge in [0.25, 0.3) is 11.4 Å². The molecule has 0 fully saturated rings. The van der Waals surface area contributed by atoms with E-state index in [9.17, 15) is 30.1 Å². The first-order chi connectivity index (χ1) is 17.3. The number of amides is 2. The lowest BCUT2D eigenvalue weighted by atomic mass is 9.92. The summed E-state index contributed by atoms with van der Waals surface area (Å²) in [6.45, 7) is 0. The van der Waals surface area contributed by atoms with Crippen LogP contribution in [0.1, 0.15) is 22.7 Å². The van der Waals surface area contributed by atoms with E-state index >= 15 is 0 Å². The molecule has 11 nitrogen and oxygen atoms in total. The molecule has 11 heteroatoms. The Morgan fingerprint density at radius 3 is 2.33 bits per heavy atom. The van der Waals surface area contributed by atoms with Crippen molar-refractivity contribution < 1.29 is 19.7 Å². The largest absolute Gasteiger partial charge is 0.508 e. The quantitative estimate of drug-likeness (QED) is 0.194. The van der Waals surface area contributed by atoms with E-state index in [0.717, 1.165) is 5.39 Å². The van der Waals surface area contributed by atoms with Crippen molar-refractivity contribution in [1.82, 2.24) is 10.7 Å². The maximum Gasteiger partial charge on any atom is 0.335 e. The SMILES string of the molecule is O=C(N/N=C/c1cccc([N+](=O)[O-])c1)NC(c1cccc([N+](=O)[O-])c1)c1c(O)ccc2ccccc12. The molecule has 36 heavy (non-hydrogen) atoms. The number of nitro groups is 2. The van der Waals surface area contributed by atoms with Crippen LogP contribution >= 0.6 is 0 Å². The van der Waals surface area contributed by atoms with Gasteiger partial charge in [-0.15, -0.1) is 0 Å². The van der Waals surface area contributed by atoms with Crippen molar-refractivity contribution in [2.45, 2.75) is 6.04 Å². The van der Waals surface area contributed by atoms with Gasteiger partial charge in [0.15, 0.2) is 0 Å². The second kappa shape index (κ2) is 10.3. The van der Waals surface area contributed by atoms with Crippen molar-refractivity contribution >= 4 is 34.4 Å². The third kappa shape index (κ3) is 5.25. The lowest BCUT2D eigenvalue weighted by Crippen LogP contribution is -2.36. The molecule has 1 atom stereocenters. The van der Waals surface area contributed by atoms with Crippen LogP contribution in [0.4, 0.5) is 16.2 Å². The highest BCUT2D eigenvalue weighted by atomic mass is 16.6. The topological polar surface area (TPSA) is 160 Å². The van der Waals surface area contributed by atoms with Crippen LogP contribution < -0.4 is 10.7 Å². The highest BCUT2D eigenvalue weighted by Gasteiger charge is 2.24. The summed E-state index contributed by atoms with van der Waals surface area (Å²) in [5.41, 5.74) is 3.10. The van der Waals surface area contributed by atoms with Crippen LogP contribution in [0.2, 0.25) is 0 Å². The third-order valence-electron chi connectivity index (χ3n) is 5.39. The van der Waals surface area contributed by atoms with Gasteiger partial charge in [-0.3, -0.25) is 20.2 Å². The van der Waals surface area contributed by atoms with Crippen LogP contribution in [-0.2, 0) is 0 Å². The number of carbonyl (C=O) groups excluding carboxylic acids is 1. The summed E-state index contributed by atoms with van der Waals surface area (Å²) in [4.78, 5) is 34.0. The maximum atomic E-state index is 12.8. The number of phenolic OH excluding ortho intramolecular Hbond substituents is 1. The fraction of sp³-hybridized carbons (Fsp3) is 0.0400. The number of urea groups is 1. The smallest absolute Gasteiger partial charge is 0.335 e. The third-order valence-corrected chi connectivity index (χ3v) is 5.39. The predicted octanol–water partition coefficient (Wildman–Crippen LogP) is 4.78. The number of hydrogen-bond acceptors (Lipinski definition) is 7. The number of nitro benzene ring substituents is 2. The zero-order valence-electron chi connectivity index (χ0n) is 18.6. The number of carbonyl (C=O) groups is 1. The number of benzene rings is 4. The fourth-order valence-electron chi connectivity index (χ4n) is 3.78. The van der Waals surface area contributed by atoms with E-state index in [1.807, 2.05) is 12.1 Å². The molecule has 4 rings (SSSR count). The predicted molar refractivity (Wildman–Crippen MR) is 133 cm³/mol. The van der Waals surface area contributed by atoms with Gasteiger partial charge in [-0.25, -0.2) is 10.2 Å². The van der Waals surface area contributed by atoms with E-state index in [1.165, 1.54) is 48.7 Å². The Balaban J connectivity index is 1.66. The van der Waals surface area contributed by atoms with Crippen LogP contribution in [0.3, 0.4) is 0 Å². The number of nitrogens with zero attached hydrogens (tertiary/aromatic N) is 3. The first kappa shape index (κ1) is 23.8. The normalized spacial score (nSPS) is 11.8. The molecular weight excluding hydrogens is 466 g/mol. The van der Waals surface area contributed by atoms with Crippen molar-refractivity contribution in [3.8, 4) is 5.75 Å². The zero-order chi connectivity index (χ0) is 25.7. The van der Waals surface area contributed by atoms with E-state index in [4.69, 9.17) is 0 Å². The molecule has 3 N–H and O–H groups in total. The summed E-state index contributed by atoms with van der Waals surface area (Å²) >= 11 is 0. The van der Waals surface area contributed by atoms with Gasteiger partial charge in [-0.1, -0.05) is 54.6 Å². The van der Waals surface area contributed by atoms with Crippen LogP contribution in [-0.4, -0.2) is 27.2 Å². The average molecular weight is 485 g/mol. The molecule has 0 saturated heterocycles. The first-order valence-electron chi connectivity index (χ1n) is 10.6. The number of fused-ring (bicyclic) bond motifs is 1. The Morgan fingerprint density at radius 2 is 1.58 bits per heavy atom. The standard InChI is InChI=1S/C25H19N5O6/c31-22-12-11-17-6-1-2-10-21(17)23(22)24(18-7-4-9-20(14-18)30(35)36)27-25(32)28-26-15-16-5-3-8-19(13-16)29(33)34/h1-15,24,31H,(H2,27,28,32)/b26-15+. The zero-order valence-corrected chi connectivity index (χ0v) is 18.6. The van der Waals surface area contributed by atoms with E-state index < -0.39 is 21.9 Å². The molecule has 0 radical (unpaired) electrons. The highest BCUT2D eigenvalue weighted by molar-refractivity contribution is 5.89. The van der Waals surface area contributed by atoms with Crippen molar-refractivity contribution in [2.24, 2.45) is 5.10 Å². The van der Waals surface area contributed by atoms with Gasteiger partial charge in [0.05, 0.1) is 22.1 Å². The van der Waals surface area contributed by atoms with Crippen molar-refractivity contribution in [1.29, 1.82) is 0 Å². The van der Waals surface area contributed by atoms with Crippen molar-refractivity contribution in [2.75, 3.05) is 0 Å². The van der Waals surface area contributed by atoms with Gasteiger partial charge < -0.3 is 10.4 Å². The van der Waals surface area contributed by atoms with E-state index in [-0.39, 0.29) is 17.1 Å². The number of hydrogen-bond donors (Lipinski definition) is 3. The average Bonchev–Trinajstić information content (AvgIpc) is 2.88. The summed E-state index contributed by atoms with van der Waals surface area (Å²) in [5.74, 6) is -0.106. The van der Waals surface area contributed by atoms with E-state index in [0.29, 0.717) is 22.1 Å². The Kier molecular flexibility index (Phi) is 6.82. The Labute approximate surface area is 204 Å². The van der Waals surface area contributed by atoms with E-state index in [2.05, 4.69) is 15.8 Å². The number of non-ortho nitro benzene ring substituents is 2. The summed E-state index contributed by atoms with van der Waals surface area (Å²) < 4.78 is 0. The second-order valence-electron chi connectivity index (χ2n) is 7.70. The number of rotatable bonds is 7. The molecule has 0 bridgehead atoms. The molecule has 0 aliphatic carbocycles. The summed E-state index contributed by atoms with van der Waals surface area (Å²) in [6.07, 6.45) is 1.24. The summed E-state index contributed by atoms with van der Waals surface area (Å²) in [7, 11) is 0. The van der Waals surface area contributed by atoms with Crippen LogP contribution in [0.25, 0.3) is 10.8 Å². The Bertz CT molecular complexity index is 1500. The van der Waals surface area contributed by atoms with Gasteiger partial charge in [-0.2, -0.15) is 5.10 Å². The minimum atomic E-state index is -0.969. The molecule has 1 unspecified atom stereocenters. The van der Waals surface area contributed by atoms with Gasteiger partial charge in [-0.05, 0) is 22.4 Å². The molecular formula is C25H19N5O6. The van der Waals surface area contributed by atoms with Crippen LogP contribution in [0.5, 0.6) is 5.75 Å². The Hall–Kier alpha value is -5.32. The lowest BCUT2D eigenvalue weighted by Gasteiger charge is -2.22. The number of phenols is 1. The van der Waals surface area contributed by atoms with Crippen LogP contribution in [0, 0.1) is 20.2 Å². The van der Waals surface area contributed by atoms with E-state index in [1.54, 1.807) is 30.3 Å². The van der Waals surface area contributed by atoms with Gasteiger partial charge in [0, 0.05) is 35.4 Å². The lowest BCUT2D eigenvalue weighted by molar-refractivity contribution is -0.385. The van der Waals surface area contributed by atoms with Gasteiger partial charge in [0.1, 0.15) is 5.75 Å². The number of nitrogens with one attached hydrogen (secondary N) is 2. The molecule has 0 saturated carbocycles. The molecule has 0 heterocycles. The monoisotopic (exact) mass is 485 g/mol. The van der Waals surface area contributed by atoms with Crippen molar-refractivity contribution in [3.05, 3.63) is 122 Å². The molecule has 180 valence electrons. The Morgan fingerprint density at radius 1 is 0.889 bits per heavy atom. The molecule has 0 spiro atoms. The summed E-state index contributed by atoms with van der Waals surface area (Å²) in [5, 5.41) is 41.0. The molecule has 4 aromatic carbocycles. The molecule has 0 aliphatic rings. The molecule has 0 aliphatic heterocycles. The van der Waals surface area contributed by atoms with Gasteiger partial charge >= 0.3 is 6.03 Å². The maximum absolute atomic E-state index is 12.8. The minimum Gasteiger partial charge on any atom is -0.508 e. The first-order valence-corrected chi connectivity index (χ1v) is 10.6. The number of aromatic hydroxyl groups is 1. The second-order valence-corrected chi connectivity index (χ2v) is 7.70. The molecule has 4 aromatic rings. The highest BCUT2D eigenvalue weighted by Crippen LogP contribution is 2.36. The fourth-order valence-corrected chi connectivity index (χ4v) is 3.78. The van der Waals surface area contributed by atoms with Crippen molar-refractivity contribution in [3.63, 3.8) is 0 Å². The number of hydrazone groups is 1. The minimum absolute atomic E-state index is 0.106.